The standard InChI is InChI=1S/C13H11N5O3/c19-12(20)7-18-6-10(5-15-18)16-13(21)8-1-2-9-4-14-17-11(9)3-8/h1-6H,7H2,(H,14,17)(H,16,21)(H,19,20). The number of carboxylic acid groups (broad SMARTS) is 1. The third kappa shape index (κ3) is 2.73. The molecule has 0 bridgehead atoms. The van der Waals surface area contributed by atoms with Gasteiger partial charge in [0.1, 0.15) is 6.54 Å². The first-order valence-corrected chi connectivity index (χ1v) is 6.10. The number of hydrogen-bond acceptors (Lipinski definition) is 4. The number of aromatic nitrogens is 4. The topological polar surface area (TPSA) is 113 Å². The van der Waals surface area contributed by atoms with Gasteiger partial charge in [-0.15, -0.1) is 0 Å². The number of carbonyl (C=O) groups excluding carboxylic acids is 1. The van der Waals surface area contributed by atoms with Crippen LogP contribution in [0.25, 0.3) is 10.9 Å². The highest BCUT2D eigenvalue weighted by molar-refractivity contribution is 6.05. The summed E-state index contributed by atoms with van der Waals surface area (Å²) in [5.74, 6) is -1.30. The maximum Gasteiger partial charge on any atom is 0.325 e. The Kier molecular flexibility index (Phi) is 3.11. The summed E-state index contributed by atoms with van der Waals surface area (Å²) in [5, 5.41) is 22.8. The Morgan fingerprint density at radius 2 is 2.19 bits per heavy atom. The van der Waals surface area contributed by atoms with Gasteiger partial charge in [0.2, 0.25) is 0 Å². The zero-order valence-corrected chi connectivity index (χ0v) is 10.8. The molecule has 8 heteroatoms. The van der Waals surface area contributed by atoms with Crippen LogP contribution in [0.4, 0.5) is 5.69 Å². The molecule has 1 amide bonds. The second-order valence-corrected chi connectivity index (χ2v) is 4.45. The Bertz CT molecular complexity index is 820. The van der Waals surface area contributed by atoms with Crippen molar-refractivity contribution in [2.45, 2.75) is 6.54 Å². The number of aromatic amines is 1. The van der Waals surface area contributed by atoms with E-state index in [2.05, 4.69) is 20.6 Å². The number of benzene rings is 1. The van der Waals surface area contributed by atoms with E-state index in [1.54, 1.807) is 24.4 Å². The van der Waals surface area contributed by atoms with Crippen molar-refractivity contribution in [3.05, 3.63) is 42.4 Å². The molecule has 3 rings (SSSR count). The lowest BCUT2D eigenvalue weighted by atomic mass is 10.1. The number of anilines is 1. The normalized spacial score (nSPS) is 10.7. The van der Waals surface area contributed by atoms with Crippen molar-refractivity contribution in [2.75, 3.05) is 5.32 Å². The van der Waals surface area contributed by atoms with Crippen molar-refractivity contribution in [3.63, 3.8) is 0 Å². The van der Waals surface area contributed by atoms with E-state index in [1.807, 2.05) is 0 Å². The molecule has 0 fully saturated rings. The zero-order valence-electron chi connectivity index (χ0n) is 10.8. The monoisotopic (exact) mass is 285 g/mol. The fourth-order valence-electron chi connectivity index (χ4n) is 1.93. The SMILES string of the molecule is O=C(O)Cn1cc(NC(=O)c2ccc3cn[nH]c3c2)cn1. The molecule has 0 saturated heterocycles. The van der Waals surface area contributed by atoms with Crippen molar-refractivity contribution in [1.29, 1.82) is 0 Å². The summed E-state index contributed by atoms with van der Waals surface area (Å²) in [7, 11) is 0. The van der Waals surface area contributed by atoms with E-state index in [1.165, 1.54) is 17.1 Å². The summed E-state index contributed by atoms with van der Waals surface area (Å²) in [6.45, 7) is -0.254. The van der Waals surface area contributed by atoms with Crippen molar-refractivity contribution < 1.29 is 14.7 Å². The van der Waals surface area contributed by atoms with Crippen molar-refractivity contribution in [3.8, 4) is 0 Å². The number of fused-ring (bicyclic) bond motifs is 1. The molecule has 3 N–H and O–H groups in total. The molecule has 2 aromatic heterocycles. The Labute approximate surface area is 118 Å². The molecule has 0 unspecified atom stereocenters. The molecule has 0 saturated carbocycles. The molecule has 3 aromatic rings. The third-order valence-electron chi connectivity index (χ3n) is 2.89. The highest BCUT2D eigenvalue weighted by Crippen LogP contribution is 2.14. The van der Waals surface area contributed by atoms with Gasteiger partial charge in [-0.2, -0.15) is 10.2 Å². The van der Waals surface area contributed by atoms with E-state index in [9.17, 15) is 9.59 Å². The Balaban J connectivity index is 1.76. The molecule has 0 atom stereocenters. The minimum atomic E-state index is -0.999. The number of carbonyl (C=O) groups is 2. The van der Waals surface area contributed by atoms with Gasteiger partial charge in [-0.1, -0.05) is 6.07 Å². The first-order valence-electron chi connectivity index (χ1n) is 6.10. The van der Waals surface area contributed by atoms with E-state index in [4.69, 9.17) is 5.11 Å². The van der Waals surface area contributed by atoms with Gasteiger partial charge in [0, 0.05) is 17.1 Å². The summed E-state index contributed by atoms with van der Waals surface area (Å²) in [5.41, 5.74) is 1.67. The van der Waals surface area contributed by atoms with E-state index < -0.39 is 5.97 Å². The molecule has 0 radical (unpaired) electrons. The number of aliphatic carboxylic acids is 1. The van der Waals surface area contributed by atoms with E-state index >= 15 is 0 Å². The lowest BCUT2D eigenvalue weighted by Crippen LogP contribution is -2.11. The number of carboxylic acids is 1. The van der Waals surface area contributed by atoms with Crippen molar-refractivity contribution in [1.82, 2.24) is 20.0 Å². The molecular formula is C13H11N5O3. The van der Waals surface area contributed by atoms with Crippen LogP contribution >= 0.6 is 0 Å². The van der Waals surface area contributed by atoms with E-state index in [0.29, 0.717) is 11.3 Å². The third-order valence-corrected chi connectivity index (χ3v) is 2.89. The predicted octanol–water partition coefficient (Wildman–Crippen LogP) is 1.10. The quantitative estimate of drug-likeness (QED) is 0.664. The molecule has 0 aliphatic rings. The maximum atomic E-state index is 12.1. The van der Waals surface area contributed by atoms with Crippen LogP contribution in [0.15, 0.2) is 36.8 Å². The maximum absolute atomic E-state index is 12.1. The fraction of sp³-hybridized carbons (Fsp3) is 0.0769. The number of rotatable bonds is 4. The number of nitrogens with one attached hydrogen (secondary N) is 2. The number of hydrogen-bond donors (Lipinski definition) is 3. The van der Waals surface area contributed by atoms with Gasteiger partial charge in [-0.3, -0.25) is 19.4 Å². The average Bonchev–Trinajstić information content (AvgIpc) is 3.06. The lowest BCUT2D eigenvalue weighted by molar-refractivity contribution is -0.137. The number of H-pyrrole nitrogens is 1. The van der Waals surface area contributed by atoms with Gasteiger partial charge in [0.15, 0.2) is 0 Å². The van der Waals surface area contributed by atoms with Crippen LogP contribution in [-0.2, 0) is 11.3 Å². The highest BCUT2D eigenvalue weighted by Gasteiger charge is 2.09. The minimum absolute atomic E-state index is 0.254. The molecule has 8 nitrogen and oxygen atoms in total. The van der Waals surface area contributed by atoms with Crippen LogP contribution < -0.4 is 5.32 Å². The summed E-state index contributed by atoms with van der Waals surface area (Å²) in [4.78, 5) is 22.7. The van der Waals surface area contributed by atoms with Gasteiger partial charge >= 0.3 is 5.97 Å². The Morgan fingerprint density at radius 1 is 1.33 bits per heavy atom. The number of amides is 1. The molecule has 0 aliphatic heterocycles. The first-order chi connectivity index (χ1) is 10.1. The van der Waals surface area contributed by atoms with Crippen LogP contribution in [0.5, 0.6) is 0 Å². The smallest absolute Gasteiger partial charge is 0.325 e. The molecule has 21 heavy (non-hydrogen) atoms. The molecule has 106 valence electrons. The summed E-state index contributed by atoms with van der Waals surface area (Å²) < 4.78 is 1.23. The molecule has 1 aromatic carbocycles. The zero-order chi connectivity index (χ0) is 14.8. The fourth-order valence-corrected chi connectivity index (χ4v) is 1.93. The van der Waals surface area contributed by atoms with Crippen molar-refractivity contribution >= 4 is 28.5 Å². The second kappa shape index (κ2) is 5.08. The highest BCUT2D eigenvalue weighted by atomic mass is 16.4. The second-order valence-electron chi connectivity index (χ2n) is 4.45. The lowest BCUT2D eigenvalue weighted by Gasteiger charge is -2.02. The van der Waals surface area contributed by atoms with Gasteiger partial charge < -0.3 is 10.4 Å². The largest absolute Gasteiger partial charge is 0.480 e. The Morgan fingerprint density at radius 3 is 3.00 bits per heavy atom. The van der Waals surface area contributed by atoms with Gasteiger partial charge in [0.25, 0.3) is 5.91 Å². The molecular weight excluding hydrogens is 274 g/mol. The first kappa shape index (κ1) is 12.9. The number of nitrogens with zero attached hydrogens (tertiary/aromatic N) is 3. The van der Waals surface area contributed by atoms with Crippen LogP contribution in [0, 0.1) is 0 Å². The summed E-state index contributed by atoms with van der Waals surface area (Å²) in [6, 6.07) is 5.18. The average molecular weight is 285 g/mol. The molecule has 2 heterocycles. The van der Waals surface area contributed by atoms with Gasteiger partial charge in [-0.05, 0) is 12.1 Å². The van der Waals surface area contributed by atoms with E-state index in [0.717, 1.165) is 10.9 Å². The minimum Gasteiger partial charge on any atom is -0.480 e. The van der Waals surface area contributed by atoms with Crippen LogP contribution in [0.3, 0.4) is 0 Å². The van der Waals surface area contributed by atoms with Crippen LogP contribution in [0.1, 0.15) is 10.4 Å². The Hall–Kier alpha value is -3.16. The summed E-state index contributed by atoms with van der Waals surface area (Å²) in [6.07, 6.45) is 4.53. The predicted molar refractivity (Wildman–Crippen MR) is 73.9 cm³/mol. The van der Waals surface area contributed by atoms with Crippen LogP contribution in [-0.4, -0.2) is 37.0 Å². The van der Waals surface area contributed by atoms with Gasteiger partial charge in [-0.25, -0.2) is 0 Å². The van der Waals surface area contributed by atoms with Crippen molar-refractivity contribution in [2.24, 2.45) is 0 Å². The molecule has 0 spiro atoms. The van der Waals surface area contributed by atoms with Crippen LogP contribution in [0.2, 0.25) is 0 Å². The van der Waals surface area contributed by atoms with E-state index in [-0.39, 0.29) is 12.5 Å². The summed E-state index contributed by atoms with van der Waals surface area (Å²) >= 11 is 0. The molecule has 0 aliphatic carbocycles. The van der Waals surface area contributed by atoms with Gasteiger partial charge in [0.05, 0.1) is 23.6 Å².